The summed E-state index contributed by atoms with van der Waals surface area (Å²) in [5.74, 6) is 1.03. The minimum absolute atomic E-state index is 0.100. The molecule has 1 aliphatic rings. The van der Waals surface area contributed by atoms with Crippen LogP contribution >= 0.6 is 0 Å². The Bertz CT molecular complexity index is 384. The smallest absolute Gasteiger partial charge is 0.122 e. The van der Waals surface area contributed by atoms with Crippen molar-refractivity contribution in [1.29, 1.82) is 0 Å². The van der Waals surface area contributed by atoms with E-state index in [1.54, 1.807) is 0 Å². The van der Waals surface area contributed by atoms with E-state index in [0.29, 0.717) is 0 Å². The lowest BCUT2D eigenvalue weighted by Gasteiger charge is -2.31. The van der Waals surface area contributed by atoms with Crippen LogP contribution in [0.4, 0.5) is 0 Å². The fourth-order valence-corrected chi connectivity index (χ4v) is 2.07. The largest absolute Gasteiger partial charge is 0.493 e. The molecule has 1 aromatic carbocycles. The molecule has 2 nitrogen and oxygen atoms in total. The predicted octanol–water partition coefficient (Wildman–Crippen LogP) is 3.06. The van der Waals surface area contributed by atoms with Gasteiger partial charge in [-0.15, -0.1) is 0 Å². The molecular formula is C14H21NO. The van der Waals surface area contributed by atoms with Crippen LogP contribution in [0.2, 0.25) is 0 Å². The Hall–Kier alpha value is -1.02. The molecule has 1 atom stereocenters. The van der Waals surface area contributed by atoms with Crippen molar-refractivity contribution >= 4 is 0 Å². The highest BCUT2D eigenvalue weighted by Gasteiger charge is 2.26. The van der Waals surface area contributed by atoms with E-state index in [0.717, 1.165) is 25.2 Å². The molecule has 1 heterocycles. The third-order valence-electron chi connectivity index (χ3n) is 3.83. The van der Waals surface area contributed by atoms with Gasteiger partial charge in [-0.25, -0.2) is 0 Å². The Balaban J connectivity index is 2.28. The molecule has 2 rings (SSSR count). The molecule has 0 saturated heterocycles. The average Bonchev–Trinajstić information content (AvgIpc) is 2.74. The minimum Gasteiger partial charge on any atom is -0.493 e. The molecular weight excluding hydrogens is 198 g/mol. The molecule has 88 valence electrons. The normalized spacial score (nSPS) is 16.8. The molecule has 0 radical (unpaired) electrons. The maximum Gasteiger partial charge on any atom is 0.122 e. The third kappa shape index (κ3) is 1.94. The van der Waals surface area contributed by atoms with Crippen LogP contribution in [-0.4, -0.2) is 6.61 Å². The Kier molecular flexibility index (Phi) is 2.94. The van der Waals surface area contributed by atoms with E-state index in [4.69, 9.17) is 10.5 Å². The van der Waals surface area contributed by atoms with Gasteiger partial charge in [0.25, 0.3) is 0 Å². The highest BCUT2D eigenvalue weighted by molar-refractivity contribution is 5.41. The summed E-state index contributed by atoms with van der Waals surface area (Å²) in [6.07, 6.45) is 2.10. The van der Waals surface area contributed by atoms with Gasteiger partial charge in [0.2, 0.25) is 0 Å². The Labute approximate surface area is 97.8 Å². The van der Waals surface area contributed by atoms with Crippen LogP contribution in [0.5, 0.6) is 5.75 Å². The van der Waals surface area contributed by atoms with Gasteiger partial charge in [0.1, 0.15) is 5.75 Å². The molecule has 0 spiro atoms. The summed E-state index contributed by atoms with van der Waals surface area (Å²) in [7, 11) is 0. The monoisotopic (exact) mass is 219 g/mol. The van der Waals surface area contributed by atoms with Gasteiger partial charge in [0.15, 0.2) is 0 Å². The maximum absolute atomic E-state index is 6.34. The summed E-state index contributed by atoms with van der Waals surface area (Å²) in [6.45, 7) is 7.45. The van der Waals surface area contributed by atoms with Crippen molar-refractivity contribution in [3.05, 3.63) is 29.3 Å². The van der Waals surface area contributed by atoms with Crippen LogP contribution in [0.1, 0.15) is 44.4 Å². The number of rotatable bonds is 3. The van der Waals surface area contributed by atoms with Gasteiger partial charge < -0.3 is 10.5 Å². The SMILES string of the molecule is CCC(C)(C)C(N)c1ccc2c(c1)CCO2. The molecule has 1 unspecified atom stereocenters. The molecule has 0 aliphatic carbocycles. The summed E-state index contributed by atoms with van der Waals surface area (Å²) in [4.78, 5) is 0. The van der Waals surface area contributed by atoms with Crippen LogP contribution in [0, 0.1) is 5.41 Å². The third-order valence-corrected chi connectivity index (χ3v) is 3.83. The van der Waals surface area contributed by atoms with E-state index in [1.165, 1.54) is 11.1 Å². The van der Waals surface area contributed by atoms with Crippen molar-refractivity contribution in [1.82, 2.24) is 0 Å². The second-order valence-electron chi connectivity index (χ2n) is 5.29. The summed E-state index contributed by atoms with van der Waals surface area (Å²) >= 11 is 0. The van der Waals surface area contributed by atoms with Crippen molar-refractivity contribution in [2.45, 2.75) is 39.7 Å². The van der Waals surface area contributed by atoms with Crippen LogP contribution in [-0.2, 0) is 6.42 Å². The van der Waals surface area contributed by atoms with Crippen molar-refractivity contribution in [2.24, 2.45) is 11.1 Å². The van der Waals surface area contributed by atoms with E-state index in [1.807, 2.05) is 0 Å². The van der Waals surface area contributed by atoms with Gasteiger partial charge in [0.05, 0.1) is 6.61 Å². The number of hydrogen-bond acceptors (Lipinski definition) is 2. The first kappa shape index (κ1) is 11.5. The number of hydrogen-bond donors (Lipinski definition) is 1. The van der Waals surface area contributed by atoms with Gasteiger partial charge in [-0.05, 0) is 29.0 Å². The summed E-state index contributed by atoms with van der Waals surface area (Å²) in [5, 5.41) is 0. The maximum atomic E-state index is 6.34. The predicted molar refractivity (Wildman–Crippen MR) is 66.6 cm³/mol. The second-order valence-corrected chi connectivity index (χ2v) is 5.29. The van der Waals surface area contributed by atoms with Gasteiger partial charge in [-0.1, -0.05) is 32.9 Å². The van der Waals surface area contributed by atoms with Crippen molar-refractivity contribution in [3.63, 3.8) is 0 Å². The molecule has 1 aromatic rings. The molecule has 0 aromatic heterocycles. The van der Waals surface area contributed by atoms with Crippen LogP contribution < -0.4 is 10.5 Å². The molecule has 0 saturated carbocycles. The molecule has 16 heavy (non-hydrogen) atoms. The Morgan fingerprint density at radius 2 is 2.19 bits per heavy atom. The van der Waals surface area contributed by atoms with Crippen LogP contribution in [0.3, 0.4) is 0 Å². The van der Waals surface area contributed by atoms with Crippen molar-refractivity contribution in [2.75, 3.05) is 6.61 Å². The first-order valence-corrected chi connectivity index (χ1v) is 6.06. The summed E-state index contributed by atoms with van der Waals surface area (Å²) in [6, 6.07) is 6.48. The fraction of sp³-hybridized carbons (Fsp3) is 0.571. The van der Waals surface area contributed by atoms with Crippen LogP contribution in [0.15, 0.2) is 18.2 Å². The van der Waals surface area contributed by atoms with Crippen molar-refractivity contribution < 1.29 is 4.74 Å². The van der Waals surface area contributed by atoms with Gasteiger partial charge in [-0.3, -0.25) is 0 Å². The van der Waals surface area contributed by atoms with Gasteiger partial charge in [-0.2, -0.15) is 0 Å². The topological polar surface area (TPSA) is 35.2 Å². The fourth-order valence-electron chi connectivity index (χ4n) is 2.07. The number of fused-ring (bicyclic) bond motifs is 1. The number of nitrogens with two attached hydrogens (primary N) is 1. The second kappa shape index (κ2) is 4.10. The molecule has 2 N–H and O–H groups in total. The molecule has 1 aliphatic heterocycles. The lowest BCUT2D eigenvalue weighted by molar-refractivity contribution is 0.278. The van der Waals surface area contributed by atoms with E-state index in [-0.39, 0.29) is 11.5 Å². The lowest BCUT2D eigenvalue weighted by Crippen LogP contribution is -2.28. The standard InChI is InChI=1S/C14H21NO/c1-4-14(2,3)13(15)11-5-6-12-10(9-11)7-8-16-12/h5-6,9,13H,4,7-8,15H2,1-3H3. The number of benzene rings is 1. The van der Waals surface area contributed by atoms with E-state index in [9.17, 15) is 0 Å². The Morgan fingerprint density at radius 1 is 1.44 bits per heavy atom. The van der Waals surface area contributed by atoms with E-state index >= 15 is 0 Å². The van der Waals surface area contributed by atoms with E-state index < -0.39 is 0 Å². The molecule has 2 heteroatoms. The first-order valence-electron chi connectivity index (χ1n) is 6.06. The zero-order valence-electron chi connectivity index (χ0n) is 10.4. The summed E-state index contributed by atoms with van der Waals surface area (Å²) < 4.78 is 5.50. The quantitative estimate of drug-likeness (QED) is 0.848. The molecule has 0 fully saturated rings. The number of ether oxygens (including phenoxy) is 1. The Morgan fingerprint density at radius 3 is 2.88 bits per heavy atom. The highest BCUT2D eigenvalue weighted by atomic mass is 16.5. The zero-order chi connectivity index (χ0) is 11.8. The lowest BCUT2D eigenvalue weighted by atomic mass is 9.78. The molecule has 0 amide bonds. The summed E-state index contributed by atoms with van der Waals surface area (Å²) in [5.41, 5.74) is 9.02. The van der Waals surface area contributed by atoms with Gasteiger partial charge in [0, 0.05) is 12.5 Å². The van der Waals surface area contributed by atoms with Gasteiger partial charge >= 0.3 is 0 Å². The zero-order valence-corrected chi connectivity index (χ0v) is 10.4. The highest BCUT2D eigenvalue weighted by Crippen LogP contribution is 2.36. The minimum atomic E-state index is 0.100. The van der Waals surface area contributed by atoms with Crippen molar-refractivity contribution in [3.8, 4) is 5.75 Å². The van der Waals surface area contributed by atoms with Crippen LogP contribution in [0.25, 0.3) is 0 Å². The first-order chi connectivity index (χ1) is 7.54. The molecule has 0 bridgehead atoms. The average molecular weight is 219 g/mol. The van der Waals surface area contributed by atoms with E-state index in [2.05, 4.69) is 39.0 Å².